The van der Waals surface area contributed by atoms with E-state index in [0.29, 0.717) is 19.1 Å². The fourth-order valence-electron chi connectivity index (χ4n) is 1.65. The molecule has 1 heterocycles. The third kappa shape index (κ3) is 6.83. The lowest BCUT2D eigenvalue weighted by Crippen LogP contribution is -2.45. The first-order valence-electron chi connectivity index (χ1n) is 6.55. The van der Waals surface area contributed by atoms with Crippen molar-refractivity contribution in [1.29, 1.82) is 0 Å². The van der Waals surface area contributed by atoms with Crippen LogP contribution in [-0.4, -0.2) is 32.3 Å². The van der Waals surface area contributed by atoms with E-state index in [-0.39, 0.29) is 6.04 Å². The smallest absolute Gasteiger partial charge is 0.205 e. The number of hydrazine groups is 1. The predicted molar refractivity (Wildman–Crippen MR) is 75.7 cm³/mol. The van der Waals surface area contributed by atoms with Crippen molar-refractivity contribution in [3.8, 4) is 0 Å². The Morgan fingerprint density at radius 2 is 2.42 bits per heavy atom. The number of aliphatic imine (C=N–C) groups is 1. The molecular weight excluding hydrogens is 244 g/mol. The highest BCUT2D eigenvalue weighted by Gasteiger charge is 2.06. The van der Waals surface area contributed by atoms with Gasteiger partial charge in [-0.25, -0.2) is 5.84 Å². The molecule has 108 valence electrons. The Labute approximate surface area is 114 Å². The molecule has 6 heteroatoms. The zero-order chi connectivity index (χ0) is 13.9. The van der Waals surface area contributed by atoms with Crippen molar-refractivity contribution in [2.75, 3.05) is 20.3 Å². The van der Waals surface area contributed by atoms with Crippen LogP contribution < -0.4 is 16.6 Å². The molecule has 0 aliphatic carbocycles. The van der Waals surface area contributed by atoms with Crippen molar-refractivity contribution in [3.63, 3.8) is 0 Å². The molecule has 1 unspecified atom stereocenters. The van der Waals surface area contributed by atoms with Crippen LogP contribution >= 0.6 is 0 Å². The summed E-state index contributed by atoms with van der Waals surface area (Å²) in [6.45, 7) is 3.48. The Bertz CT molecular complexity index is 352. The molecule has 0 saturated heterocycles. The molecule has 1 rings (SSSR count). The second-order valence-electron chi connectivity index (χ2n) is 4.38. The van der Waals surface area contributed by atoms with Crippen LogP contribution in [0.2, 0.25) is 0 Å². The Morgan fingerprint density at radius 3 is 3.05 bits per heavy atom. The van der Waals surface area contributed by atoms with E-state index in [1.165, 1.54) is 0 Å². The van der Waals surface area contributed by atoms with Gasteiger partial charge in [-0.2, -0.15) is 0 Å². The van der Waals surface area contributed by atoms with Crippen LogP contribution in [0.5, 0.6) is 0 Å². The van der Waals surface area contributed by atoms with E-state index in [9.17, 15) is 0 Å². The fourth-order valence-corrected chi connectivity index (χ4v) is 1.65. The van der Waals surface area contributed by atoms with E-state index in [1.54, 1.807) is 13.4 Å². The molecule has 1 aromatic rings. The lowest BCUT2D eigenvalue weighted by atomic mass is 10.1. The molecule has 0 saturated carbocycles. The zero-order valence-corrected chi connectivity index (χ0v) is 11.7. The van der Waals surface area contributed by atoms with E-state index in [1.807, 2.05) is 12.1 Å². The average Bonchev–Trinajstić information content (AvgIpc) is 2.93. The van der Waals surface area contributed by atoms with Crippen molar-refractivity contribution in [3.05, 3.63) is 24.2 Å². The SMILES string of the molecule is COCCCN=C(NN)NC(C)CCc1ccco1. The van der Waals surface area contributed by atoms with E-state index in [4.69, 9.17) is 15.0 Å². The monoisotopic (exact) mass is 268 g/mol. The summed E-state index contributed by atoms with van der Waals surface area (Å²) in [6.07, 6.45) is 4.41. The number of rotatable bonds is 8. The largest absolute Gasteiger partial charge is 0.469 e. The minimum atomic E-state index is 0.266. The Hall–Kier alpha value is -1.53. The van der Waals surface area contributed by atoms with Crippen LogP contribution in [0.25, 0.3) is 0 Å². The summed E-state index contributed by atoms with van der Waals surface area (Å²) in [4.78, 5) is 4.33. The van der Waals surface area contributed by atoms with Crippen molar-refractivity contribution in [1.82, 2.24) is 10.7 Å². The van der Waals surface area contributed by atoms with Crippen molar-refractivity contribution in [2.24, 2.45) is 10.8 Å². The van der Waals surface area contributed by atoms with Gasteiger partial charge in [-0.05, 0) is 31.9 Å². The molecule has 4 N–H and O–H groups in total. The zero-order valence-electron chi connectivity index (χ0n) is 11.7. The number of guanidine groups is 1. The van der Waals surface area contributed by atoms with Gasteiger partial charge in [-0.15, -0.1) is 0 Å². The van der Waals surface area contributed by atoms with Gasteiger partial charge in [0.15, 0.2) is 0 Å². The average molecular weight is 268 g/mol. The van der Waals surface area contributed by atoms with Gasteiger partial charge in [0.05, 0.1) is 6.26 Å². The maximum absolute atomic E-state index is 5.43. The highest BCUT2D eigenvalue weighted by molar-refractivity contribution is 5.79. The molecule has 0 aliphatic heterocycles. The molecular formula is C13H24N4O2. The molecule has 0 aliphatic rings. The molecule has 6 nitrogen and oxygen atoms in total. The quantitative estimate of drug-likeness (QED) is 0.216. The number of furan rings is 1. The maximum atomic E-state index is 5.43. The fraction of sp³-hybridized carbons (Fsp3) is 0.615. The van der Waals surface area contributed by atoms with Gasteiger partial charge >= 0.3 is 0 Å². The number of ether oxygens (including phenoxy) is 1. The number of nitrogens with zero attached hydrogens (tertiary/aromatic N) is 1. The van der Waals surface area contributed by atoms with Gasteiger partial charge in [-0.1, -0.05) is 0 Å². The van der Waals surface area contributed by atoms with Gasteiger partial charge in [0.2, 0.25) is 5.96 Å². The Kier molecular flexibility index (Phi) is 7.69. The second kappa shape index (κ2) is 9.41. The lowest BCUT2D eigenvalue weighted by molar-refractivity contribution is 0.197. The molecule has 0 radical (unpaired) electrons. The number of aryl methyl sites for hydroxylation is 1. The summed E-state index contributed by atoms with van der Waals surface area (Å²) >= 11 is 0. The van der Waals surface area contributed by atoms with Gasteiger partial charge in [0, 0.05) is 32.7 Å². The highest BCUT2D eigenvalue weighted by atomic mass is 16.5. The number of nitrogens with one attached hydrogen (secondary N) is 2. The first-order valence-corrected chi connectivity index (χ1v) is 6.55. The van der Waals surface area contributed by atoms with E-state index in [0.717, 1.165) is 25.0 Å². The molecule has 0 bridgehead atoms. The third-order valence-electron chi connectivity index (χ3n) is 2.70. The molecule has 1 aromatic heterocycles. The van der Waals surface area contributed by atoms with Crippen LogP contribution in [0, 0.1) is 0 Å². The van der Waals surface area contributed by atoms with Crippen molar-refractivity contribution < 1.29 is 9.15 Å². The van der Waals surface area contributed by atoms with Crippen molar-refractivity contribution >= 4 is 5.96 Å². The Balaban J connectivity index is 2.25. The number of methoxy groups -OCH3 is 1. The van der Waals surface area contributed by atoms with E-state index >= 15 is 0 Å². The van der Waals surface area contributed by atoms with E-state index < -0.39 is 0 Å². The van der Waals surface area contributed by atoms with Gasteiger partial charge < -0.3 is 14.5 Å². The summed E-state index contributed by atoms with van der Waals surface area (Å²) in [7, 11) is 1.68. The van der Waals surface area contributed by atoms with Crippen LogP contribution in [0.3, 0.4) is 0 Å². The number of hydrogen-bond donors (Lipinski definition) is 3. The topological polar surface area (TPSA) is 84.8 Å². The minimum absolute atomic E-state index is 0.266. The molecule has 19 heavy (non-hydrogen) atoms. The van der Waals surface area contributed by atoms with Gasteiger partial charge in [0.25, 0.3) is 0 Å². The highest BCUT2D eigenvalue weighted by Crippen LogP contribution is 2.05. The normalized spacial score (nSPS) is 13.3. The van der Waals surface area contributed by atoms with Gasteiger partial charge in [-0.3, -0.25) is 10.4 Å². The second-order valence-corrected chi connectivity index (χ2v) is 4.38. The molecule has 1 atom stereocenters. The first-order chi connectivity index (χ1) is 9.26. The maximum Gasteiger partial charge on any atom is 0.205 e. The molecule has 0 aromatic carbocycles. The summed E-state index contributed by atoms with van der Waals surface area (Å²) in [5.41, 5.74) is 2.58. The van der Waals surface area contributed by atoms with Crippen LogP contribution in [-0.2, 0) is 11.2 Å². The summed E-state index contributed by atoms with van der Waals surface area (Å²) in [6, 6.07) is 4.15. The lowest BCUT2D eigenvalue weighted by Gasteiger charge is -2.16. The standard InChI is InChI=1S/C13H24N4O2/c1-11(6-7-12-5-3-10-19-12)16-13(17-14)15-8-4-9-18-2/h3,5,10-11H,4,6-9,14H2,1-2H3,(H2,15,16,17). The molecule has 0 spiro atoms. The summed E-state index contributed by atoms with van der Waals surface area (Å²) in [5.74, 6) is 7.04. The first kappa shape index (κ1) is 15.5. The Morgan fingerprint density at radius 1 is 1.58 bits per heavy atom. The van der Waals surface area contributed by atoms with Gasteiger partial charge in [0.1, 0.15) is 5.76 Å². The van der Waals surface area contributed by atoms with Crippen LogP contribution in [0.15, 0.2) is 27.8 Å². The summed E-state index contributed by atoms with van der Waals surface area (Å²) < 4.78 is 10.3. The van der Waals surface area contributed by atoms with Crippen LogP contribution in [0.4, 0.5) is 0 Å². The van der Waals surface area contributed by atoms with Crippen LogP contribution in [0.1, 0.15) is 25.5 Å². The number of hydrogen-bond acceptors (Lipinski definition) is 4. The van der Waals surface area contributed by atoms with E-state index in [2.05, 4.69) is 22.7 Å². The summed E-state index contributed by atoms with van der Waals surface area (Å²) in [5, 5.41) is 3.24. The molecule has 0 fully saturated rings. The molecule has 0 amide bonds. The van der Waals surface area contributed by atoms with Crippen molar-refractivity contribution in [2.45, 2.75) is 32.2 Å². The predicted octanol–water partition coefficient (Wildman–Crippen LogP) is 1.05. The third-order valence-corrected chi connectivity index (χ3v) is 2.70. The number of nitrogens with two attached hydrogens (primary N) is 1. The minimum Gasteiger partial charge on any atom is -0.469 e.